The number of nitrogens with one attached hydrogen (secondary N) is 1. The van der Waals surface area contributed by atoms with Gasteiger partial charge in [0.25, 0.3) is 0 Å². The zero-order valence-corrected chi connectivity index (χ0v) is 14.8. The second-order valence-electron chi connectivity index (χ2n) is 7.31. The third-order valence-electron chi connectivity index (χ3n) is 5.40. The molecule has 2 heterocycles. The lowest BCUT2D eigenvalue weighted by Gasteiger charge is -2.35. The first-order chi connectivity index (χ1) is 11.7. The number of carbonyl (C=O) groups excluding carboxylic acids is 1. The van der Waals surface area contributed by atoms with Gasteiger partial charge in [0.05, 0.1) is 12.2 Å². The van der Waals surface area contributed by atoms with E-state index < -0.39 is 0 Å². The van der Waals surface area contributed by atoms with Gasteiger partial charge in [-0.05, 0) is 30.9 Å². The molecule has 2 aliphatic rings. The van der Waals surface area contributed by atoms with Gasteiger partial charge in [-0.1, -0.05) is 25.8 Å². The normalized spacial score (nSPS) is 26.2. The molecule has 24 heavy (non-hydrogen) atoms. The van der Waals surface area contributed by atoms with E-state index >= 15 is 0 Å². The van der Waals surface area contributed by atoms with E-state index in [4.69, 9.17) is 0 Å². The molecule has 1 aromatic heterocycles. The average Bonchev–Trinajstić information content (AvgIpc) is 2.60. The quantitative estimate of drug-likeness (QED) is 0.896. The van der Waals surface area contributed by atoms with Crippen LogP contribution in [0.4, 0.5) is 0 Å². The molecule has 1 saturated carbocycles. The van der Waals surface area contributed by atoms with Gasteiger partial charge >= 0.3 is 0 Å². The van der Waals surface area contributed by atoms with Crippen molar-refractivity contribution >= 4 is 5.91 Å². The van der Waals surface area contributed by atoms with Crippen molar-refractivity contribution in [2.24, 2.45) is 5.92 Å². The van der Waals surface area contributed by atoms with E-state index in [9.17, 15) is 4.79 Å². The first-order valence-corrected chi connectivity index (χ1v) is 9.34. The fourth-order valence-electron chi connectivity index (χ4n) is 3.81. The second kappa shape index (κ2) is 8.58. The lowest BCUT2D eigenvalue weighted by atomic mass is 9.86. The molecule has 2 fully saturated rings. The summed E-state index contributed by atoms with van der Waals surface area (Å²) in [7, 11) is 0. The molecule has 1 amide bonds. The predicted molar refractivity (Wildman–Crippen MR) is 95.5 cm³/mol. The smallest absolute Gasteiger partial charge is 0.234 e. The van der Waals surface area contributed by atoms with Crippen LogP contribution in [0.5, 0.6) is 0 Å². The molecule has 2 unspecified atom stereocenters. The predicted octanol–water partition coefficient (Wildman–Crippen LogP) is 1.89. The molecule has 1 aliphatic carbocycles. The zero-order chi connectivity index (χ0) is 16.8. The van der Waals surface area contributed by atoms with Crippen LogP contribution in [-0.4, -0.2) is 59.5 Å². The SMILES string of the molecule is CC1CCCCC1NC(=O)CN1CCN(Cc2ccccn2)CC1. The fraction of sp³-hybridized carbons (Fsp3) is 0.684. The van der Waals surface area contributed by atoms with E-state index in [1.807, 2.05) is 18.3 Å². The first-order valence-electron chi connectivity index (χ1n) is 9.34. The van der Waals surface area contributed by atoms with Gasteiger partial charge in [0.15, 0.2) is 0 Å². The van der Waals surface area contributed by atoms with E-state index in [1.165, 1.54) is 19.3 Å². The molecule has 0 bridgehead atoms. The molecule has 1 saturated heterocycles. The molecule has 5 heteroatoms. The monoisotopic (exact) mass is 330 g/mol. The van der Waals surface area contributed by atoms with Crippen LogP contribution in [0.3, 0.4) is 0 Å². The number of aromatic nitrogens is 1. The first kappa shape index (κ1) is 17.4. The van der Waals surface area contributed by atoms with Crippen molar-refractivity contribution in [2.75, 3.05) is 32.7 Å². The Bertz CT molecular complexity index is 513. The standard InChI is InChI=1S/C19H30N4O/c1-16-6-2-3-8-18(16)21-19(24)15-23-12-10-22(11-13-23)14-17-7-4-5-9-20-17/h4-5,7,9,16,18H,2-3,6,8,10-15H2,1H3,(H,21,24). The van der Waals surface area contributed by atoms with Crippen LogP contribution in [0.1, 0.15) is 38.3 Å². The summed E-state index contributed by atoms with van der Waals surface area (Å²) in [6.07, 6.45) is 6.80. The minimum atomic E-state index is 0.201. The number of piperazine rings is 1. The van der Waals surface area contributed by atoms with Gasteiger partial charge in [0.2, 0.25) is 5.91 Å². The molecule has 0 spiro atoms. The van der Waals surface area contributed by atoms with Gasteiger partial charge in [-0.2, -0.15) is 0 Å². The van der Waals surface area contributed by atoms with Crippen LogP contribution < -0.4 is 5.32 Å². The molecule has 2 atom stereocenters. The summed E-state index contributed by atoms with van der Waals surface area (Å²) in [5.41, 5.74) is 1.12. The minimum Gasteiger partial charge on any atom is -0.352 e. The van der Waals surface area contributed by atoms with Gasteiger partial charge in [0, 0.05) is 45.0 Å². The number of rotatable bonds is 5. The Hall–Kier alpha value is -1.46. The summed E-state index contributed by atoms with van der Waals surface area (Å²) >= 11 is 0. The van der Waals surface area contributed by atoms with Crippen molar-refractivity contribution in [3.05, 3.63) is 30.1 Å². The van der Waals surface area contributed by atoms with Crippen molar-refractivity contribution in [3.63, 3.8) is 0 Å². The van der Waals surface area contributed by atoms with E-state index in [0.717, 1.165) is 44.8 Å². The molecule has 5 nitrogen and oxygen atoms in total. The number of amides is 1. The maximum Gasteiger partial charge on any atom is 0.234 e. The summed E-state index contributed by atoms with van der Waals surface area (Å²) in [4.78, 5) is 21.4. The van der Waals surface area contributed by atoms with Crippen LogP contribution in [0, 0.1) is 5.92 Å². The number of hydrogen-bond acceptors (Lipinski definition) is 4. The zero-order valence-electron chi connectivity index (χ0n) is 14.8. The average molecular weight is 330 g/mol. The van der Waals surface area contributed by atoms with E-state index in [1.54, 1.807) is 0 Å². The fourth-order valence-corrected chi connectivity index (χ4v) is 3.81. The molecule has 3 rings (SSSR count). The van der Waals surface area contributed by atoms with Crippen LogP contribution >= 0.6 is 0 Å². The second-order valence-corrected chi connectivity index (χ2v) is 7.31. The Morgan fingerprint density at radius 2 is 1.92 bits per heavy atom. The highest BCUT2D eigenvalue weighted by atomic mass is 16.2. The summed E-state index contributed by atoms with van der Waals surface area (Å²) < 4.78 is 0. The Balaban J connectivity index is 1.38. The highest BCUT2D eigenvalue weighted by Gasteiger charge is 2.24. The molecule has 132 valence electrons. The van der Waals surface area contributed by atoms with Gasteiger partial charge in [-0.3, -0.25) is 19.6 Å². The van der Waals surface area contributed by atoms with Gasteiger partial charge in [0.1, 0.15) is 0 Å². The van der Waals surface area contributed by atoms with Gasteiger partial charge in [-0.15, -0.1) is 0 Å². The maximum atomic E-state index is 12.3. The molecule has 1 aromatic rings. The van der Waals surface area contributed by atoms with Gasteiger partial charge in [-0.25, -0.2) is 0 Å². The van der Waals surface area contributed by atoms with Gasteiger partial charge < -0.3 is 5.32 Å². The minimum absolute atomic E-state index is 0.201. The van der Waals surface area contributed by atoms with Crippen molar-refractivity contribution in [2.45, 2.75) is 45.2 Å². The lowest BCUT2D eigenvalue weighted by molar-refractivity contribution is -0.124. The summed E-state index contributed by atoms with van der Waals surface area (Å²) in [6.45, 7) is 7.63. The summed E-state index contributed by atoms with van der Waals surface area (Å²) in [6, 6.07) is 6.45. The van der Waals surface area contributed by atoms with E-state index in [0.29, 0.717) is 18.5 Å². The lowest BCUT2D eigenvalue weighted by Crippen LogP contribution is -2.51. The van der Waals surface area contributed by atoms with Crippen molar-refractivity contribution in [1.29, 1.82) is 0 Å². The van der Waals surface area contributed by atoms with Crippen LogP contribution in [0.2, 0.25) is 0 Å². The molecular formula is C19H30N4O. The Morgan fingerprint density at radius 1 is 1.17 bits per heavy atom. The molecule has 0 radical (unpaired) electrons. The summed E-state index contributed by atoms with van der Waals surface area (Å²) in [5, 5.41) is 3.26. The number of hydrogen-bond donors (Lipinski definition) is 1. The molecule has 0 aromatic carbocycles. The van der Waals surface area contributed by atoms with Crippen molar-refractivity contribution in [3.8, 4) is 0 Å². The Morgan fingerprint density at radius 3 is 2.62 bits per heavy atom. The van der Waals surface area contributed by atoms with Crippen LogP contribution in [0.15, 0.2) is 24.4 Å². The largest absolute Gasteiger partial charge is 0.352 e. The van der Waals surface area contributed by atoms with E-state index in [2.05, 4.69) is 33.1 Å². The third-order valence-corrected chi connectivity index (χ3v) is 5.40. The molecule has 1 N–H and O–H groups in total. The Labute approximate surface area is 145 Å². The topological polar surface area (TPSA) is 48.5 Å². The molecular weight excluding hydrogens is 300 g/mol. The van der Waals surface area contributed by atoms with Crippen LogP contribution in [-0.2, 0) is 11.3 Å². The van der Waals surface area contributed by atoms with Crippen LogP contribution in [0.25, 0.3) is 0 Å². The van der Waals surface area contributed by atoms with Crippen molar-refractivity contribution < 1.29 is 4.79 Å². The van der Waals surface area contributed by atoms with E-state index in [-0.39, 0.29) is 5.91 Å². The number of nitrogens with zero attached hydrogens (tertiary/aromatic N) is 3. The highest BCUT2D eigenvalue weighted by molar-refractivity contribution is 5.78. The number of carbonyl (C=O) groups is 1. The Kier molecular flexibility index (Phi) is 6.21. The third kappa shape index (κ3) is 5.02. The maximum absolute atomic E-state index is 12.3. The highest BCUT2D eigenvalue weighted by Crippen LogP contribution is 2.23. The van der Waals surface area contributed by atoms with Crippen molar-refractivity contribution in [1.82, 2.24) is 20.1 Å². The number of pyridine rings is 1. The molecule has 1 aliphatic heterocycles. The summed E-state index contributed by atoms with van der Waals surface area (Å²) in [5.74, 6) is 0.824.